The number of aryl methyl sites for hydroxylation is 1. The third kappa shape index (κ3) is 4.10. The number of hydrogen-bond donors (Lipinski definition) is 1. The highest BCUT2D eigenvalue weighted by Gasteiger charge is 2.14. The second kappa shape index (κ2) is 7.64. The van der Waals surface area contributed by atoms with Gasteiger partial charge in [-0.15, -0.1) is 0 Å². The monoisotopic (exact) mass is 297 g/mol. The molecule has 0 aliphatic carbocycles. The Bertz CT molecular complexity index is 623. The lowest BCUT2D eigenvalue weighted by atomic mass is 10.0. The summed E-state index contributed by atoms with van der Waals surface area (Å²) >= 11 is 0. The number of benzene rings is 2. The Balaban J connectivity index is 2.05. The molecule has 0 aliphatic rings. The van der Waals surface area contributed by atoms with Gasteiger partial charge in [-0.3, -0.25) is 4.79 Å². The number of methoxy groups -OCH3 is 1. The van der Waals surface area contributed by atoms with Crippen molar-refractivity contribution in [3.8, 4) is 5.75 Å². The first kappa shape index (κ1) is 16.1. The molecule has 3 nitrogen and oxygen atoms in total. The van der Waals surface area contributed by atoms with Gasteiger partial charge in [-0.05, 0) is 36.1 Å². The van der Waals surface area contributed by atoms with E-state index >= 15 is 0 Å². The van der Waals surface area contributed by atoms with Crippen LogP contribution in [0.5, 0.6) is 5.75 Å². The van der Waals surface area contributed by atoms with Crippen molar-refractivity contribution < 1.29 is 9.53 Å². The lowest BCUT2D eigenvalue weighted by molar-refractivity contribution is -0.121. The molecule has 22 heavy (non-hydrogen) atoms. The molecule has 0 heterocycles. The fourth-order valence-corrected chi connectivity index (χ4v) is 2.57. The molecule has 0 radical (unpaired) electrons. The Morgan fingerprint density at radius 1 is 1.18 bits per heavy atom. The molecule has 0 bridgehead atoms. The van der Waals surface area contributed by atoms with Gasteiger partial charge >= 0.3 is 0 Å². The molecule has 0 aromatic heterocycles. The topological polar surface area (TPSA) is 38.3 Å². The Labute approximate surface area is 132 Å². The van der Waals surface area contributed by atoms with Crippen LogP contribution in [-0.2, 0) is 11.2 Å². The van der Waals surface area contributed by atoms with E-state index < -0.39 is 0 Å². The summed E-state index contributed by atoms with van der Waals surface area (Å²) in [6.07, 6.45) is 1.26. The maximum absolute atomic E-state index is 12.2. The molecule has 0 spiro atoms. The number of ether oxygens (including phenoxy) is 1. The zero-order chi connectivity index (χ0) is 15.9. The molecule has 1 amide bonds. The van der Waals surface area contributed by atoms with Crippen molar-refractivity contribution in [2.24, 2.45) is 0 Å². The normalized spacial score (nSPS) is 11.8. The molecular formula is C19H23NO2. The quantitative estimate of drug-likeness (QED) is 0.880. The third-order valence-electron chi connectivity index (χ3n) is 3.77. The van der Waals surface area contributed by atoms with Crippen molar-refractivity contribution in [3.63, 3.8) is 0 Å². The second-order valence-electron chi connectivity index (χ2n) is 5.42. The number of carbonyl (C=O) groups is 1. The van der Waals surface area contributed by atoms with E-state index in [-0.39, 0.29) is 11.9 Å². The molecule has 0 saturated carbocycles. The molecule has 2 aromatic carbocycles. The molecule has 0 fully saturated rings. The van der Waals surface area contributed by atoms with E-state index in [1.807, 2.05) is 49.4 Å². The van der Waals surface area contributed by atoms with Crippen molar-refractivity contribution >= 4 is 5.91 Å². The first-order valence-corrected chi connectivity index (χ1v) is 7.62. The van der Waals surface area contributed by atoms with Crippen LogP contribution in [-0.4, -0.2) is 13.0 Å². The first-order chi connectivity index (χ1) is 10.6. The minimum absolute atomic E-state index is 0.0285. The molecule has 0 unspecified atom stereocenters. The molecule has 116 valence electrons. The largest absolute Gasteiger partial charge is 0.496 e. The summed E-state index contributed by atoms with van der Waals surface area (Å²) in [6.45, 7) is 4.09. The Kier molecular flexibility index (Phi) is 5.59. The summed E-state index contributed by atoms with van der Waals surface area (Å²) in [5, 5.41) is 3.12. The second-order valence-corrected chi connectivity index (χ2v) is 5.42. The van der Waals surface area contributed by atoms with E-state index in [2.05, 4.69) is 18.3 Å². The fourth-order valence-electron chi connectivity index (χ4n) is 2.57. The number of hydrogen-bond acceptors (Lipinski definition) is 2. The third-order valence-corrected chi connectivity index (χ3v) is 3.77. The van der Waals surface area contributed by atoms with Crippen molar-refractivity contribution in [3.05, 3.63) is 65.2 Å². The van der Waals surface area contributed by atoms with Crippen LogP contribution in [0.1, 0.15) is 36.1 Å². The number of nitrogens with one attached hydrogen (secondary N) is 1. The molecule has 1 atom stereocenters. The number of carbonyl (C=O) groups excluding carboxylic acids is 1. The molecular weight excluding hydrogens is 274 g/mol. The Morgan fingerprint density at radius 3 is 2.50 bits per heavy atom. The van der Waals surface area contributed by atoms with Crippen LogP contribution < -0.4 is 10.1 Å². The summed E-state index contributed by atoms with van der Waals surface area (Å²) in [5.41, 5.74) is 3.22. The van der Waals surface area contributed by atoms with Crippen LogP contribution in [0, 0.1) is 6.92 Å². The predicted octanol–water partition coefficient (Wildman–Crippen LogP) is 3.81. The van der Waals surface area contributed by atoms with Gasteiger partial charge in [-0.25, -0.2) is 0 Å². The smallest absolute Gasteiger partial charge is 0.224 e. The van der Waals surface area contributed by atoms with Gasteiger partial charge < -0.3 is 10.1 Å². The van der Waals surface area contributed by atoms with Crippen LogP contribution >= 0.6 is 0 Å². The lowest BCUT2D eigenvalue weighted by Crippen LogP contribution is -2.29. The highest BCUT2D eigenvalue weighted by molar-refractivity contribution is 5.79. The lowest BCUT2D eigenvalue weighted by Gasteiger charge is -2.19. The van der Waals surface area contributed by atoms with Crippen LogP contribution in [0.25, 0.3) is 0 Å². The van der Waals surface area contributed by atoms with Crippen molar-refractivity contribution in [2.45, 2.75) is 32.7 Å². The van der Waals surface area contributed by atoms with E-state index in [4.69, 9.17) is 4.74 Å². The van der Waals surface area contributed by atoms with E-state index in [9.17, 15) is 4.79 Å². The van der Waals surface area contributed by atoms with Gasteiger partial charge in [0, 0.05) is 0 Å². The average molecular weight is 297 g/mol. The molecule has 0 saturated heterocycles. The van der Waals surface area contributed by atoms with E-state index in [0.29, 0.717) is 6.42 Å². The minimum Gasteiger partial charge on any atom is -0.496 e. The summed E-state index contributed by atoms with van der Waals surface area (Å²) in [5.74, 6) is 0.917. The Morgan fingerprint density at radius 2 is 1.91 bits per heavy atom. The van der Waals surface area contributed by atoms with Gasteiger partial charge in [0.15, 0.2) is 0 Å². The Hall–Kier alpha value is -2.29. The van der Waals surface area contributed by atoms with Crippen LogP contribution in [0.3, 0.4) is 0 Å². The van der Waals surface area contributed by atoms with Gasteiger partial charge in [-0.1, -0.05) is 49.4 Å². The van der Waals surface area contributed by atoms with E-state index in [1.165, 1.54) is 0 Å². The molecule has 3 heteroatoms. The highest BCUT2D eigenvalue weighted by Crippen LogP contribution is 2.24. The standard InChI is InChI=1S/C19H23NO2/c1-4-17(16-10-11-18(22-3)14(2)12-16)20-19(21)13-15-8-6-5-7-9-15/h5-12,17H,4,13H2,1-3H3,(H,20,21)/t17-/m1/s1. The fraction of sp³-hybridized carbons (Fsp3) is 0.316. The molecule has 0 aliphatic heterocycles. The van der Waals surface area contributed by atoms with Gasteiger partial charge in [0.25, 0.3) is 0 Å². The van der Waals surface area contributed by atoms with Crippen molar-refractivity contribution in [2.75, 3.05) is 7.11 Å². The zero-order valence-corrected chi connectivity index (χ0v) is 13.4. The van der Waals surface area contributed by atoms with Gasteiger partial charge in [0.05, 0.1) is 19.6 Å². The van der Waals surface area contributed by atoms with Gasteiger partial charge in [0.1, 0.15) is 5.75 Å². The average Bonchev–Trinajstić information content (AvgIpc) is 2.53. The minimum atomic E-state index is 0.0285. The summed E-state index contributed by atoms with van der Waals surface area (Å²) in [6, 6.07) is 15.9. The van der Waals surface area contributed by atoms with E-state index in [0.717, 1.165) is 28.9 Å². The summed E-state index contributed by atoms with van der Waals surface area (Å²) < 4.78 is 5.29. The number of rotatable bonds is 6. The zero-order valence-electron chi connectivity index (χ0n) is 13.4. The van der Waals surface area contributed by atoms with Crippen LogP contribution in [0.2, 0.25) is 0 Å². The van der Waals surface area contributed by atoms with Crippen LogP contribution in [0.4, 0.5) is 0 Å². The van der Waals surface area contributed by atoms with Crippen molar-refractivity contribution in [1.82, 2.24) is 5.32 Å². The molecule has 2 rings (SSSR count). The molecule has 1 N–H and O–H groups in total. The first-order valence-electron chi connectivity index (χ1n) is 7.62. The maximum Gasteiger partial charge on any atom is 0.224 e. The van der Waals surface area contributed by atoms with Gasteiger partial charge in [-0.2, -0.15) is 0 Å². The van der Waals surface area contributed by atoms with Crippen molar-refractivity contribution in [1.29, 1.82) is 0 Å². The predicted molar refractivity (Wildman–Crippen MR) is 89.1 cm³/mol. The number of amides is 1. The molecule has 2 aromatic rings. The highest BCUT2D eigenvalue weighted by atomic mass is 16.5. The maximum atomic E-state index is 12.2. The van der Waals surface area contributed by atoms with E-state index in [1.54, 1.807) is 7.11 Å². The summed E-state index contributed by atoms with van der Waals surface area (Å²) in [4.78, 5) is 12.2. The SMILES string of the molecule is CC[C@@H](NC(=O)Cc1ccccc1)c1ccc(OC)c(C)c1. The summed E-state index contributed by atoms with van der Waals surface area (Å²) in [7, 11) is 1.67. The van der Waals surface area contributed by atoms with Gasteiger partial charge in [0.2, 0.25) is 5.91 Å². The van der Waals surface area contributed by atoms with Crippen LogP contribution in [0.15, 0.2) is 48.5 Å².